The number of carboxylic acids is 1. The van der Waals surface area contributed by atoms with Crippen molar-refractivity contribution in [2.75, 3.05) is 39.5 Å². The first-order chi connectivity index (χ1) is 38.9. The molecule has 1 aliphatic carbocycles. The van der Waals surface area contributed by atoms with Crippen molar-refractivity contribution in [1.29, 1.82) is 0 Å². The average molecular weight is 1140 g/mol. The number of nitrogens with one attached hydrogen (secondary N) is 1. The van der Waals surface area contributed by atoms with Gasteiger partial charge in [-0.3, -0.25) is 24.5 Å². The van der Waals surface area contributed by atoms with Gasteiger partial charge in [-0.25, -0.2) is 9.18 Å². The van der Waals surface area contributed by atoms with Crippen LogP contribution in [0.4, 0.5) is 4.39 Å². The van der Waals surface area contributed by atoms with E-state index in [2.05, 4.69) is 59.9 Å². The molecule has 4 amide bonds. The minimum absolute atomic E-state index is 0.0855. The second kappa shape index (κ2) is 34.2. The molecule has 7 rings (SSSR count). The number of fused-ring (bicyclic) bond motifs is 2. The summed E-state index contributed by atoms with van der Waals surface area (Å²) in [6.45, 7) is 28.4. The van der Waals surface area contributed by atoms with E-state index >= 15 is 0 Å². The van der Waals surface area contributed by atoms with Gasteiger partial charge in [0.05, 0.1) is 19.8 Å². The highest BCUT2D eigenvalue weighted by Gasteiger charge is 2.40. The van der Waals surface area contributed by atoms with Crippen molar-refractivity contribution in [1.82, 2.24) is 15.1 Å². The Balaban J connectivity index is 0.000000327. The number of carbonyl (C=O) groups is 5. The van der Waals surface area contributed by atoms with Crippen LogP contribution < -0.4 is 14.8 Å². The molecule has 3 aliphatic rings. The maximum atomic E-state index is 13.7. The second-order valence-corrected chi connectivity index (χ2v) is 21.4. The predicted octanol–water partition coefficient (Wildman–Crippen LogP) is 15.5. The molecule has 14 heteroatoms. The van der Waals surface area contributed by atoms with E-state index in [1.807, 2.05) is 65.0 Å². The molecule has 4 aromatic rings. The smallest absolute Gasteiger partial charge is 0.331 e. The minimum Gasteiger partial charge on any atom is -0.493 e. The van der Waals surface area contributed by atoms with Crippen molar-refractivity contribution in [3.63, 3.8) is 0 Å². The van der Waals surface area contributed by atoms with Crippen LogP contribution in [0.15, 0.2) is 89.5 Å². The average Bonchev–Trinajstić information content (AvgIpc) is 4.00. The molecule has 81 heavy (non-hydrogen) atoms. The molecule has 2 unspecified atom stereocenters. The Labute approximate surface area is 487 Å². The van der Waals surface area contributed by atoms with Gasteiger partial charge in [-0.2, -0.15) is 0 Å². The zero-order chi connectivity index (χ0) is 59.8. The Morgan fingerprint density at radius 1 is 0.889 bits per heavy atom. The lowest BCUT2D eigenvalue weighted by atomic mass is 9.77. The summed E-state index contributed by atoms with van der Waals surface area (Å²) in [7, 11) is 0. The monoisotopic (exact) mass is 1140 g/mol. The van der Waals surface area contributed by atoms with Crippen LogP contribution in [0.2, 0.25) is 5.02 Å². The van der Waals surface area contributed by atoms with Crippen molar-refractivity contribution in [2.24, 2.45) is 11.8 Å². The third-order valence-electron chi connectivity index (χ3n) is 14.6. The summed E-state index contributed by atoms with van der Waals surface area (Å²) in [4.78, 5) is 64.6. The van der Waals surface area contributed by atoms with E-state index < -0.39 is 17.9 Å². The van der Waals surface area contributed by atoms with Crippen molar-refractivity contribution in [3.8, 4) is 11.5 Å². The number of benzene rings is 4. The molecule has 0 bridgehead atoms. The van der Waals surface area contributed by atoms with E-state index in [-0.39, 0.29) is 43.1 Å². The van der Waals surface area contributed by atoms with Crippen LogP contribution in [0.5, 0.6) is 11.5 Å². The van der Waals surface area contributed by atoms with Gasteiger partial charge in [0.2, 0.25) is 11.8 Å². The van der Waals surface area contributed by atoms with Crippen molar-refractivity contribution >= 4 is 63.1 Å². The molecule has 0 aromatic heterocycles. The number of piperidine rings is 1. The number of rotatable bonds is 24. The number of ether oxygens (including phenoxy) is 3. The molecule has 442 valence electrons. The summed E-state index contributed by atoms with van der Waals surface area (Å²) in [5.74, 6) is 0.0642. The molecule has 0 saturated carbocycles. The molecular formula is C67H91ClFN3O9. The van der Waals surface area contributed by atoms with E-state index in [1.165, 1.54) is 41.0 Å². The number of aliphatic carboxylic acids is 1. The van der Waals surface area contributed by atoms with Gasteiger partial charge in [-0.1, -0.05) is 131 Å². The lowest BCUT2D eigenvalue weighted by Gasteiger charge is -2.29. The highest BCUT2D eigenvalue weighted by Crippen LogP contribution is 2.44. The number of amides is 4. The topological polar surface area (TPSA) is 152 Å². The van der Waals surface area contributed by atoms with E-state index in [9.17, 15) is 33.5 Å². The maximum absolute atomic E-state index is 13.7. The number of allylic oxidation sites excluding steroid dienone is 4. The van der Waals surface area contributed by atoms with Crippen LogP contribution >= 0.6 is 11.6 Å². The number of nitrogens with zero attached hydrogens (tertiary/aromatic N) is 2. The molecule has 12 nitrogen and oxygen atoms in total. The first kappa shape index (κ1) is 67.2. The second-order valence-electron chi connectivity index (χ2n) is 21.0. The third-order valence-corrected chi connectivity index (χ3v) is 14.9. The fourth-order valence-electron chi connectivity index (χ4n) is 10.6. The van der Waals surface area contributed by atoms with Crippen LogP contribution in [0, 0.1) is 24.6 Å². The van der Waals surface area contributed by atoms with Crippen molar-refractivity contribution < 1.29 is 47.7 Å². The molecule has 1 saturated heterocycles. The van der Waals surface area contributed by atoms with Gasteiger partial charge in [-0.05, 0) is 158 Å². The van der Waals surface area contributed by atoms with Gasteiger partial charge in [0.25, 0.3) is 11.8 Å². The van der Waals surface area contributed by atoms with Crippen LogP contribution in [0.3, 0.4) is 0 Å². The zero-order valence-electron chi connectivity index (χ0n) is 50.5. The quantitative estimate of drug-likeness (QED) is 0.0397. The summed E-state index contributed by atoms with van der Waals surface area (Å²) in [6, 6.07) is 18.6. The molecule has 2 aliphatic heterocycles. The Kier molecular flexibility index (Phi) is 28.4. The molecular weight excluding hydrogens is 1050 g/mol. The minimum atomic E-state index is -0.913. The molecule has 1 fully saturated rings. The van der Waals surface area contributed by atoms with Crippen molar-refractivity contribution in [2.45, 2.75) is 173 Å². The maximum Gasteiger partial charge on any atom is 0.331 e. The summed E-state index contributed by atoms with van der Waals surface area (Å²) >= 11 is 6.99. The van der Waals surface area contributed by atoms with Crippen LogP contribution in [-0.2, 0) is 30.5 Å². The number of halogens is 2. The molecule has 2 atom stereocenters. The largest absolute Gasteiger partial charge is 0.493 e. The Hall–Kier alpha value is -6.31. The Morgan fingerprint density at radius 2 is 1.59 bits per heavy atom. The summed E-state index contributed by atoms with van der Waals surface area (Å²) in [5, 5.41) is 14.8. The SMILES string of the molecule is CC.CCCC(C)C.CCCN(CCC)C(=O)COc1cccc2c1CN(C1CCC(=O)NC1=O)C2=O.CCCOCC1=C(c2c(Cl)ccc(/C(CCCOc3cccc4cc(F)ccc34)=C(\CC)C(=O)O)c2C)C(CC)=CCC1C. The fourth-order valence-corrected chi connectivity index (χ4v) is 10.9. The number of carboxylic acid groups (broad SMARTS) is 1. The van der Waals surface area contributed by atoms with Gasteiger partial charge in [0.15, 0.2) is 6.61 Å². The molecule has 0 spiro atoms. The van der Waals surface area contributed by atoms with Crippen LogP contribution in [0.1, 0.15) is 186 Å². The van der Waals surface area contributed by atoms with E-state index in [0.717, 1.165) is 76.6 Å². The predicted molar refractivity (Wildman–Crippen MR) is 326 cm³/mol. The number of hydrogen-bond donors (Lipinski definition) is 2. The summed E-state index contributed by atoms with van der Waals surface area (Å²) < 4.78 is 31.7. The summed E-state index contributed by atoms with van der Waals surface area (Å²) in [5.41, 5.74) is 8.84. The number of hydrogen-bond acceptors (Lipinski definition) is 8. The molecule has 4 aromatic carbocycles. The molecule has 2 heterocycles. The van der Waals surface area contributed by atoms with Crippen LogP contribution in [0.25, 0.3) is 21.9 Å². The Bertz CT molecular complexity index is 2870. The number of carbonyl (C=O) groups excluding carboxylic acids is 4. The van der Waals surface area contributed by atoms with Crippen LogP contribution in [-0.4, -0.2) is 90.1 Å². The Morgan fingerprint density at radius 3 is 2.21 bits per heavy atom. The van der Waals surface area contributed by atoms with Gasteiger partial charge >= 0.3 is 5.97 Å². The first-order valence-electron chi connectivity index (χ1n) is 29.7. The van der Waals surface area contributed by atoms with E-state index in [1.54, 1.807) is 29.2 Å². The van der Waals surface area contributed by atoms with E-state index in [0.29, 0.717) is 97.7 Å². The standard InChI is InChI=1S/C38H44ClFO4.C21H27N3O5.C6H14.C2H6/c1-6-20-43-23-33-24(4)14-15-26(7-2)37(33)36-25(5)30(18-19-34(36)39)32(29(8-3)38(41)42)12-10-21-44-35-13-9-11-27-22-28(40)16-17-31(27)35;1-3-10-23(11-4-2)19(26)13-29-17-7-5-6-14-15(17)12-24(21(14)28)16-8-9-18(25)22-20(16)27;1-4-5-6(2)3;1-2/h9,11,13,15-19,22,24H,6-8,10,12,14,20-21,23H2,1-5H3,(H,41,42);5-7,16H,3-4,8-13H2,1-2H3,(H,22,25,27);6H,4-5H2,1-3H3;1-2H3/b32-29+;;;. The lowest BCUT2D eigenvalue weighted by molar-refractivity contribution is -0.137. The highest BCUT2D eigenvalue weighted by molar-refractivity contribution is 6.33. The normalized spacial score (nSPS) is 16.0. The van der Waals surface area contributed by atoms with Crippen molar-refractivity contribution in [3.05, 3.63) is 128 Å². The van der Waals surface area contributed by atoms with Gasteiger partial charge < -0.3 is 29.1 Å². The molecule has 2 N–H and O–H groups in total. The van der Waals surface area contributed by atoms with E-state index in [4.69, 9.17) is 25.8 Å². The molecule has 0 radical (unpaired) electrons. The highest BCUT2D eigenvalue weighted by atomic mass is 35.5. The lowest BCUT2D eigenvalue weighted by Crippen LogP contribution is -2.52. The number of imide groups is 1. The van der Waals surface area contributed by atoms with Gasteiger partial charge in [0.1, 0.15) is 23.4 Å². The fraction of sp³-hybridized carbons (Fsp3) is 0.507. The first-order valence-corrected chi connectivity index (χ1v) is 30.1. The van der Waals surface area contributed by atoms with Gasteiger partial charge in [0, 0.05) is 58.8 Å². The third kappa shape index (κ3) is 18.3. The zero-order valence-corrected chi connectivity index (χ0v) is 51.2. The van der Waals surface area contributed by atoms with Gasteiger partial charge in [-0.15, -0.1) is 0 Å². The summed E-state index contributed by atoms with van der Waals surface area (Å²) in [6.07, 6.45) is 11.6.